The van der Waals surface area contributed by atoms with Gasteiger partial charge in [0, 0.05) is 34.4 Å². The van der Waals surface area contributed by atoms with E-state index < -0.39 is 0 Å². The SMILES string of the molecule is O=C1CC(c2ccc(Cl)cc2)C2=C(CC(c3ccc(Cl)cc3)CC2=O)O1. The lowest BCUT2D eigenvalue weighted by molar-refractivity contribution is -0.142. The van der Waals surface area contributed by atoms with Crippen molar-refractivity contribution in [2.45, 2.75) is 31.1 Å². The van der Waals surface area contributed by atoms with E-state index in [0.29, 0.717) is 34.2 Å². The van der Waals surface area contributed by atoms with Crippen LogP contribution >= 0.6 is 23.2 Å². The molecule has 0 radical (unpaired) electrons. The zero-order valence-electron chi connectivity index (χ0n) is 13.9. The maximum Gasteiger partial charge on any atom is 0.311 e. The van der Waals surface area contributed by atoms with Crippen LogP contribution in [0.15, 0.2) is 59.9 Å². The highest BCUT2D eigenvalue weighted by atomic mass is 35.5. The average molecular weight is 387 g/mol. The molecule has 2 aromatic carbocycles. The van der Waals surface area contributed by atoms with Crippen LogP contribution in [0.4, 0.5) is 0 Å². The summed E-state index contributed by atoms with van der Waals surface area (Å²) >= 11 is 11.9. The minimum atomic E-state index is -0.298. The van der Waals surface area contributed by atoms with Crippen molar-refractivity contribution >= 4 is 35.0 Å². The summed E-state index contributed by atoms with van der Waals surface area (Å²) in [5.74, 6) is -0.0122. The van der Waals surface area contributed by atoms with Crippen LogP contribution < -0.4 is 0 Å². The quantitative estimate of drug-likeness (QED) is 0.646. The molecule has 5 heteroatoms. The number of allylic oxidation sites excluding steroid dienone is 2. The summed E-state index contributed by atoms with van der Waals surface area (Å²) in [6, 6.07) is 14.8. The highest BCUT2D eigenvalue weighted by Crippen LogP contribution is 2.44. The van der Waals surface area contributed by atoms with Gasteiger partial charge < -0.3 is 4.74 Å². The number of ether oxygens (including phenoxy) is 1. The molecule has 0 aromatic heterocycles. The lowest BCUT2D eigenvalue weighted by atomic mass is 9.75. The highest BCUT2D eigenvalue weighted by molar-refractivity contribution is 6.30. The summed E-state index contributed by atoms with van der Waals surface area (Å²) in [7, 11) is 0. The molecule has 2 unspecified atom stereocenters. The van der Waals surface area contributed by atoms with Gasteiger partial charge in [0.05, 0.1) is 6.42 Å². The highest BCUT2D eigenvalue weighted by Gasteiger charge is 2.39. The molecule has 0 fully saturated rings. The summed E-state index contributed by atoms with van der Waals surface area (Å²) in [5.41, 5.74) is 2.58. The van der Waals surface area contributed by atoms with Gasteiger partial charge in [0.2, 0.25) is 0 Å². The van der Waals surface area contributed by atoms with E-state index in [9.17, 15) is 9.59 Å². The normalized spacial score (nSPS) is 22.8. The number of carbonyl (C=O) groups is 2. The van der Waals surface area contributed by atoms with Gasteiger partial charge in [-0.25, -0.2) is 0 Å². The molecule has 26 heavy (non-hydrogen) atoms. The topological polar surface area (TPSA) is 43.4 Å². The van der Waals surface area contributed by atoms with Gasteiger partial charge in [0.15, 0.2) is 5.78 Å². The second-order valence-corrected chi connectivity index (χ2v) is 7.57. The maximum atomic E-state index is 12.9. The van der Waals surface area contributed by atoms with E-state index in [0.717, 1.165) is 11.1 Å². The molecule has 0 saturated carbocycles. The number of esters is 1. The Balaban J connectivity index is 1.70. The van der Waals surface area contributed by atoms with E-state index >= 15 is 0 Å². The molecule has 0 spiro atoms. The molecule has 1 aliphatic carbocycles. The number of Topliss-reactive ketones (excluding diaryl/α,β-unsaturated/α-hetero) is 1. The molecule has 0 bridgehead atoms. The number of hydrogen-bond donors (Lipinski definition) is 0. The largest absolute Gasteiger partial charge is 0.431 e. The van der Waals surface area contributed by atoms with E-state index in [1.807, 2.05) is 36.4 Å². The molecular weight excluding hydrogens is 371 g/mol. The smallest absolute Gasteiger partial charge is 0.311 e. The Labute approximate surface area is 161 Å². The number of ketones is 1. The molecule has 0 saturated heterocycles. The van der Waals surface area contributed by atoms with Crippen molar-refractivity contribution in [2.75, 3.05) is 0 Å². The number of hydrogen-bond acceptors (Lipinski definition) is 3. The van der Waals surface area contributed by atoms with Gasteiger partial charge in [-0.3, -0.25) is 9.59 Å². The molecule has 4 rings (SSSR count). The van der Waals surface area contributed by atoms with Gasteiger partial charge in [-0.15, -0.1) is 0 Å². The van der Waals surface area contributed by atoms with Gasteiger partial charge in [-0.2, -0.15) is 0 Å². The third kappa shape index (κ3) is 3.29. The van der Waals surface area contributed by atoms with Crippen molar-refractivity contribution in [1.82, 2.24) is 0 Å². The van der Waals surface area contributed by atoms with Crippen molar-refractivity contribution in [1.29, 1.82) is 0 Å². The molecule has 3 nitrogen and oxygen atoms in total. The Bertz CT molecular complexity index is 898. The molecule has 0 N–H and O–H groups in total. The van der Waals surface area contributed by atoms with Crippen LogP contribution in [-0.4, -0.2) is 11.8 Å². The number of halogens is 2. The second-order valence-electron chi connectivity index (χ2n) is 6.70. The lowest BCUT2D eigenvalue weighted by Crippen LogP contribution is -2.30. The first kappa shape index (κ1) is 17.3. The Kier molecular flexibility index (Phi) is 4.60. The average Bonchev–Trinajstić information content (AvgIpc) is 2.62. The van der Waals surface area contributed by atoms with E-state index in [-0.39, 0.29) is 30.0 Å². The van der Waals surface area contributed by atoms with E-state index in [1.54, 1.807) is 12.1 Å². The zero-order chi connectivity index (χ0) is 18.3. The van der Waals surface area contributed by atoms with Crippen LogP contribution in [0.1, 0.15) is 42.2 Å². The first-order valence-corrected chi connectivity index (χ1v) is 9.24. The van der Waals surface area contributed by atoms with Gasteiger partial charge in [0.25, 0.3) is 0 Å². The van der Waals surface area contributed by atoms with E-state index in [1.165, 1.54) is 0 Å². The monoisotopic (exact) mass is 386 g/mol. The molecule has 2 aromatic rings. The van der Waals surface area contributed by atoms with Crippen LogP contribution in [0, 0.1) is 0 Å². The summed E-state index contributed by atoms with van der Waals surface area (Å²) < 4.78 is 5.48. The van der Waals surface area contributed by atoms with Crippen LogP contribution in [-0.2, 0) is 14.3 Å². The molecule has 1 aliphatic heterocycles. The summed E-state index contributed by atoms with van der Waals surface area (Å²) in [4.78, 5) is 25.1. The third-order valence-corrected chi connectivity index (χ3v) is 5.54. The zero-order valence-corrected chi connectivity index (χ0v) is 15.4. The van der Waals surface area contributed by atoms with Gasteiger partial charge in [0.1, 0.15) is 5.76 Å². The Hall–Kier alpha value is -2.10. The minimum Gasteiger partial charge on any atom is -0.431 e. The Morgan fingerprint density at radius 3 is 1.96 bits per heavy atom. The van der Waals surface area contributed by atoms with Crippen molar-refractivity contribution in [3.05, 3.63) is 81.0 Å². The summed E-state index contributed by atoms with van der Waals surface area (Å²) in [6.07, 6.45) is 1.12. The van der Waals surface area contributed by atoms with Gasteiger partial charge in [-0.05, 0) is 41.3 Å². The predicted molar refractivity (Wildman–Crippen MR) is 100 cm³/mol. The minimum absolute atomic E-state index is 0.00437. The molecular formula is C21H16Cl2O3. The summed E-state index contributed by atoms with van der Waals surface area (Å²) in [6.45, 7) is 0. The first-order valence-electron chi connectivity index (χ1n) is 8.49. The van der Waals surface area contributed by atoms with Crippen molar-refractivity contribution < 1.29 is 14.3 Å². The molecule has 1 heterocycles. The fourth-order valence-electron chi connectivity index (χ4n) is 3.78. The fourth-order valence-corrected chi connectivity index (χ4v) is 4.03. The molecule has 0 amide bonds. The maximum absolute atomic E-state index is 12.9. The van der Waals surface area contributed by atoms with Gasteiger partial charge in [-0.1, -0.05) is 47.5 Å². The Morgan fingerprint density at radius 1 is 0.769 bits per heavy atom. The number of rotatable bonds is 2. The van der Waals surface area contributed by atoms with E-state index in [4.69, 9.17) is 27.9 Å². The molecule has 2 aliphatic rings. The van der Waals surface area contributed by atoms with Crippen LogP contribution in [0.5, 0.6) is 0 Å². The van der Waals surface area contributed by atoms with Crippen LogP contribution in [0.25, 0.3) is 0 Å². The molecule has 2 atom stereocenters. The van der Waals surface area contributed by atoms with Crippen LogP contribution in [0.2, 0.25) is 10.0 Å². The van der Waals surface area contributed by atoms with Gasteiger partial charge >= 0.3 is 5.97 Å². The van der Waals surface area contributed by atoms with Crippen molar-refractivity contribution in [2.24, 2.45) is 0 Å². The van der Waals surface area contributed by atoms with E-state index in [2.05, 4.69) is 0 Å². The van der Waals surface area contributed by atoms with Crippen molar-refractivity contribution in [3.63, 3.8) is 0 Å². The molecule has 132 valence electrons. The standard InChI is InChI=1S/C21H16Cl2O3/c22-15-5-1-12(2-6-15)14-9-18(24)21-17(11-20(25)26-19(21)10-14)13-3-7-16(23)8-4-13/h1-8,14,17H,9-11H2. The predicted octanol–water partition coefficient (Wildman–Crippen LogP) is 5.42. The lowest BCUT2D eigenvalue weighted by Gasteiger charge is -2.33. The third-order valence-electron chi connectivity index (χ3n) is 5.03. The fraction of sp³-hybridized carbons (Fsp3) is 0.238. The second kappa shape index (κ2) is 6.90. The Morgan fingerprint density at radius 2 is 1.35 bits per heavy atom. The van der Waals surface area contributed by atoms with Crippen LogP contribution in [0.3, 0.4) is 0 Å². The number of carbonyl (C=O) groups excluding carboxylic acids is 2. The number of benzene rings is 2. The first-order chi connectivity index (χ1) is 12.5. The van der Waals surface area contributed by atoms with Crippen molar-refractivity contribution in [3.8, 4) is 0 Å². The summed E-state index contributed by atoms with van der Waals surface area (Å²) in [5, 5.41) is 1.28.